The van der Waals surface area contributed by atoms with E-state index in [4.69, 9.17) is 5.73 Å². The average molecular weight is 369 g/mol. The molecule has 2 N–H and O–H groups in total. The Kier molecular flexibility index (Phi) is 6.13. The fourth-order valence-electron chi connectivity index (χ4n) is 2.89. The van der Waals surface area contributed by atoms with Crippen molar-refractivity contribution in [3.05, 3.63) is 66.1 Å². The monoisotopic (exact) mass is 369 g/mol. The number of allylic oxidation sites excluding steroid dienone is 1. The van der Waals surface area contributed by atoms with Gasteiger partial charge in [0.05, 0.1) is 11.2 Å². The molecule has 0 aliphatic heterocycles. The Bertz CT molecular complexity index is 1070. The third-order valence-corrected chi connectivity index (χ3v) is 4.45. The highest BCUT2D eigenvalue weighted by molar-refractivity contribution is 6.12. The second kappa shape index (κ2) is 8.92. The van der Waals surface area contributed by atoms with Gasteiger partial charge in [0.2, 0.25) is 0 Å². The number of hydrogen-bond donors (Lipinski definition) is 1. The number of pyridine rings is 2. The van der Waals surface area contributed by atoms with E-state index in [1.165, 1.54) is 6.20 Å². The lowest BCUT2D eigenvalue weighted by atomic mass is 9.99. The van der Waals surface area contributed by atoms with E-state index < -0.39 is 0 Å². The summed E-state index contributed by atoms with van der Waals surface area (Å²) >= 11 is 0. The van der Waals surface area contributed by atoms with E-state index in [0.29, 0.717) is 17.3 Å². The Hall–Kier alpha value is -3.52. The van der Waals surface area contributed by atoms with Crippen LogP contribution in [0.15, 0.2) is 59.9 Å². The van der Waals surface area contributed by atoms with Crippen LogP contribution in [0, 0.1) is 17.2 Å². The van der Waals surface area contributed by atoms with Gasteiger partial charge in [-0.05, 0) is 36.6 Å². The zero-order valence-electron chi connectivity index (χ0n) is 16.1. The van der Waals surface area contributed by atoms with E-state index in [1.54, 1.807) is 18.5 Å². The molecule has 0 radical (unpaired) electrons. The van der Waals surface area contributed by atoms with Crippen LogP contribution in [0.5, 0.6) is 0 Å². The Morgan fingerprint density at radius 1 is 1.25 bits per heavy atom. The van der Waals surface area contributed by atoms with Gasteiger partial charge in [0, 0.05) is 47.2 Å². The summed E-state index contributed by atoms with van der Waals surface area (Å²) in [6.07, 6.45) is 6.10. The minimum Gasteiger partial charge on any atom is -0.404 e. The predicted molar refractivity (Wildman–Crippen MR) is 115 cm³/mol. The van der Waals surface area contributed by atoms with Gasteiger partial charge in [-0.3, -0.25) is 9.98 Å². The van der Waals surface area contributed by atoms with E-state index >= 15 is 0 Å². The first-order valence-corrected chi connectivity index (χ1v) is 9.30. The molecule has 0 amide bonds. The van der Waals surface area contributed by atoms with Crippen LogP contribution in [0.1, 0.15) is 31.5 Å². The van der Waals surface area contributed by atoms with Gasteiger partial charge in [0.15, 0.2) is 0 Å². The Morgan fingerprint density at radius 3 is 2.86 bits per heavy atom. The summed E-state index contributed by atoms with van der Waals surface area (Å²) in [7, 11) is 0. The van der Waals surface area contributed by atoms with Crippen molar-refractivity contribution in [2.24, 2.45) is 16.6 Å². The number of benzene rings is 1. The molecule has 0 saturated carbocycles. The van der Waals surface area contributed by atoms with Gasteiger partial charge in [-0.15, -0.1) is 0 Å². The van der Waals surface area contributed by atoms with Gasteiger partial charge >= 0.3 is 0 Å². The van der Waals surface area contributed by atoms with Crippen molar-refractivity contribution in [3.63, 3.8) is 0 Å². The van der Waals surface area contributed by atoms with Crippen molar-refractivity contribution in [1.29, 1.82) is 5.26 Å². The van der Waals surface area contributed by atoms with Crippen LogP contribution in [0.25, 0.3) is 27.7 Å². The quantitative estimate of drug-likeness (QED) is 0.644. The first-order chi connectivity index (χ1) is 13.6. The second-order valence-corrected chi connectivity index (χ2v) is 6.96. The van der Waals surface area contributed by atoms with Crippen molar-refractivity contribution in [1.82, 2.24) is 9.97 Å². The van der Waals surface area contributed by atoms with Crippen LogP contribution < -0.4 is 5.73 Å². The number of nitriles is 1. The zero-order chi connectivity index (χ0) is 19.9. The standard InChI is InChI=1S/C23H23N5/c1-16(2)9-11-26-15-19(13-24)21-8-7-20(14-25)28-23(21)18-6-5-17-4-3-10-27-22(17)12-18/h3-8,10,12-13,15-16H,9,11,24H2,1-2H3/b19-13+,26-15?. The van der Waals surface area contributed by atoms with Crippen LogP contribution in [-0.4, -0.2) is 22.7 Å². The summed E-state index contributed by atoms with van der Waals surface area (Å²) in [5, 5.41) is 10.4. The number of rotatable bonds is 6. The largest absolute Gasteiger partial charge is 0.404 e. The average Bonchev–Trinajstić information content (AvgIpc) is 2.73. The molecule has 5 heteroatoms. The van der Waals surface area contributed by atoms with E-state index in [-0.39, 0.29) is 0 Å². The molecule has 0 bridgehead atoms. The molecule has 0 aliphatic rings. The van der Waals surface area contributed by atoms with E-state index in [0.717, 1.165) is 40.6 Å². The van der Waals surface area contributed by atoms with Crippen LogP contribution >= 0.6 is 0 Å². The molecule has 0 unspecified atom stereocenters. The van der Waals surface area contributed by atoms with Gasteiger partial charge in [-0.25, -0.2) is 4.98 Å². The molecule has 5 nitrogen and oxygen atoms in total. The first-order valence-electron chi connectivity index (χ1n) is 9.30. The van der Waals surface area contributed by atoms with Gasteiger partial charge in [-0.2, -0.15) is 5.26 Å². The highest BCUT2D eigenvalue weighted by atomic mass is 14.7. The van der Waals surface area contributed by atoms with E-state index in [2.05, 4.69) is 34.9 Å². The number of aromatic nitrogens is 2. The van der Waals surface area contributed by atoms with Crippen molar-refractivity contribution < 1.29 is 0 Å². The molecule has 0 saturated heterocycles. The lowest BCUT2D eigenvalue weighted by Crippen LogP contribution is -2.00. The fraction of sp³-hybridized carbons (Fsp3) is 0.217. The highest BCUT2D eigenvalue weighted by Gasteiger charge is 2.12. The molecule has 0 atom stereocenters. The van der Waals surface area contributed by atoms with E-state index in [9.17, 15) is 5.26 Å². The summed E-state index contributed by atoms with van der Waals surface area (Å²) < 4.78 is 0. The molecule has 2 heterocycles. The number of fused-ring (bicyclic) bond motifs is 1. The Balaban J connectivity index is 2.05. The molecule has 3 aromatic rings. The van der Waals surface area contributed by atoms with Gasteiger partial charge < -0.3 is 5.73 Å². The maximum Gasteiger partial charge on any atom is 0.141 e. The molecular formula is C23H23N5. The molecule has 3 rings (SSSR count). The SMILES string of the molecule is CC(C)CCN=C/C(=C\N)c1ccc(C#N)nc1-c1ccc2cccnc2c1. The number of hydrogen-bond acceptors (Lipinski definition) is 5. The zero-order valence-corrected chi connectivity index (χ0v) is 16.1. The molecule has 0 aliphatic carbocycles. The molecule has 0 spiro atoms. The molecule has 2 aromatic heterocycles. The van der Waals surface area contributed by atoms with Crippen LogP contribution in [-0.2, 0) is 0 Å². The normalized spacial score (nSPS) is 12.0. The molecule has 1 aromatic carbocycles. The molecule has 140 valence electrons. The van der Waals surface area contributed by atoms with Crippen LogP contribution in [0.3, 0.4) is 0 Å². The number of nitrogens with zero attached hydrogens (tertiary/aromatic N) is 4. The number of nitrogens with two attached hydrogens (primary N) is 1. The second-order valence-electron chi connectivity index (χ2n) is 6.96. The van der Waals surface area contributed by atoms with Gasteiger partial charge in [-0.1, -0.05) is 32.0 Å². The third-order valence-electron chi connectivity index (χ3n) is 4.45. The summed E-state index contributed by atoms with van der Waals surface area (Å²) in [5.41, 5.74) is 10.3. The van der Waals surface area contributed by atoms with Gasteiger partial charge in [0.1, 0.15) is 11.8 Å². The maximum atomic E-state index is 9.30. The predicted octanol–water partition coefficient (Wildman–Crippen LogP) is 4.58. The van der Waals surface area contributed by atoms with Crippen molar-refractivity contribution in [2.75, 3.05) is 6.54 Å². The third kappa shape index (κ3) is 4.41. The van der Waals surface area contributed by atoms with Crippen molar-refractivity contribution in [3.8, 4) is 17.3 Å². The number of aliphatic imine (C=N–C) groups is 1. The minimum atomic E-state index is 0.355. The van der Waals surface area contributed by atoms with Crippen molar-refractivity contribution in [2.45, 2.75) is 20.3 Å². The maximum absolute atomic E-state index is 9.30. The molecule has 0 fully saturated rings. The molecular weight excluding hydrogens is 346 g/mol. The topological polar surface area (TPSA) is 88.0 Å². The summed E-state index contributed by atoms with van der Waals surface area (Å²) in [5.74, 6) is 0.597. The lowest BCUT2D eigenvalue weighted by Gasteiger charge is -2.11. The Labute approximate surface area is 165 Å². The summed E-state index contributed by atoms with van der Waals surface area (Å²) in [4.78, 5) is 13.5. The van der Waals surface area contributed by atoms with Gasteiger partial charge in [0.25, 0.3) is 0 Å². The highest BCUT2D eigenvalue weighted by Crippen LogP contribution is 2.29. The molecule has 28 heavy (non-hydrogen) atoms. The lowest BCUT2D eigenvalue weighted by molar-refractivity contribution is 0.598. The van der Waals surface area contributed by atoms with Crippen molar-refractivity contribution >= 4 is 22.7 Å². The minimum absolute atomic E-state index is 0.355. The van der Waals surface area contributed by atoms with E-state index in [1.807, 2.05) is 36.4 Å². The first kappa shape index (κ1) is 19.2. The van der Waals surface area contributed by atoms with Crippen LogP contribution in [0.4, 0.5) is 0 Å². The summed E-state index contributed by atoms with van der Waals surface area (Å²) in [6.45, 7) is 5.09. The smallest absolute Gasteiger partial charge is 0.141 e. The fourth-order valence-corrected chi connectivity index (χ4v) is 2.89. The van der Waals surface area contributed by atoms with Crippen LogP contribution in [0.2, 0.25) is 0 Å². The summed E-state index contributed by atoms with van der Waals surface area (Å²) in [6, 6.07) is 15.6. The Morgan fingerprint density at radius 2 is 2.11 bits per heavy atom.